The molecule has 0 fully saturated rings. The summed E-state index contributed by atoms with van der Waals surface area (Å²) in [5.74, 6) is -0.932. The van der Waals surface area contributed by atoms with Crippen LogP contribution in [0.1, 0.15) is 27.8 Å². The highest BCUT2D eigenvalue weighted by Crippen LogP contribution is 2.28. The normalized spacial score (nSPS) is 11.9. The van der Waals surface area contributed by atoms with Gasteiger partial charge in [0, 0.05) is 23.3 Å². The molecular weight excluding hydrogens is 288 g/mol. The maximum absolute atomic E-state index is 11.9. The molecule has 0 amide bonds. The fourth-order valence-electron chi connectivity index (χ4n) is 3.10. The number of fused-ring (bicyclic) bond motifs is 1. The number of nitrogens with one attached hydrogen (secondary N) is 1. The van der Waals surface area contributed by atoms with Crippen molar-refractivity contribution in [3.05, 3.63) is 64.5 Å². The summed E-state index contributed by atoms with van der Waals surface area (Å²) in [5, 5.41) is 10.6. The third-order valence-corrected chi connectivity index (χ3v) is 3.96. The SMILES string of the molecule is Cc1cc(C)c(C(=Cc2c[nH]c3ncccc23)C(=O)O)c(C)c1. The van der Waals surface area contributed by atoms with Gasteiger partial charge in [-0.3, -0.25) is 0 Å². The van der Waals surface area contributed by atoms with Gasteiger partial charge in [0.25, 0.3) is 0 Å². The van der Waals surface area contributed by atoms with E-state index in [1.54, 1.807) is 18.5 Å². The summed E-state index contributed by atoms with van der Waals surface area (Å²) in [6, 6.07) is 7.79. The molecule has 2 heterocycles. The molecule has 0 saturated heterocycles. The smallest absolute Gasteiger partial charge is 0.336 e. The number of benzene rings is 1. The zero-order valence-corrected chi connectivity index (χ0v) is 13.3. The number of aromatic nitrogens is 2. The first-order chi connectivity index (χ1) is 11.0. The zero-order valence-electron chi connectivity index (χ0n) is 13.3. The molecule has 1 aromatic carbocycles. The number of carboxylic acids is 1. The van der Waals surface area contributed by atoms with Gasteiger partial charge < -0.3 is 10.1 Å². The average molecular weight is 306 g/mol. The second-order valence-electron chi connectivity index (χ2n) is 5.78. The monoisotopic (exact) mass is 306 g/mol. The molecule has 0 aliphatic rings. The van der Waals surface area contributed by atoms with Crippen LogP contribution in [0.25, 0.3) is 22.7 Å². The van der Waals surface area contributed by atoms with Gasteiger partial charge in [-0.15, -0.1) is 0 Å². The molecule has 3 rings (SSSR count). The molecule has 0 bridgehead atoms. The number of carboxylic acid groups (broad SMARTS) is 1. The van der Waals surface area contributed by atoms with Crippen LogP contribution in [0.4, 0.5) is 0 Å². The van der Waals surface area contributed by atoms with Gasteiger partial charge in [0.15, 0.2) is 0 Å². The van der Waals surface area contributed by atoms with Crippen molar-refractivity contribution in [2.24, 2.45) is 0 Å². The number of rotatable bonds is 3. The average Bonchev–Trinajstić information content (AvgIpc) is 2.88. The van der Waals surface area contributed by atoms with Crippen LogP contribution < -0.4 is 0 Å². The van der Waals surface area contributed by atoms with Gasteiger partial charge in [-0.05, 0) is 55.7 Å². The molecule has 2 N–H and O–H groups in total. The minimum Gasteiger partial charge on any atom is -0.478 e. The molecule has 4 nitrogen and oxygen atoms in total. The number of H-pyrrole nitrogens is 1. The predicted molar refractivity (Wildman–Crippen MR) is 92.3 cm³/mol. The molecule has 0 radical (unpaired) electrons. The van der Waals surface area contributed by atoms with E-state index < -0.39 is 5.97 Å². The summed E-state index contributed by atoms with van der Waals surface area (Å²) in [7, 11) is 0. The lowest BCUT2D eigenvalue weighted by molar-refractivity contribution is -0.130. The summed E-state index contributed by atoms with van der Waals surface area (Å²) in [4.78, 5) is 19.2. The summed E-state index contributed by atoms with van der Waals surface area (Å²) in [5.41, 5.74) is 5.71. The third-order valence-electron chi connectivity index (χ3n) is 3.96. The zero-order chi connectivity index (χ0) is 16.6. The molecule has 2 aromatic heterocycles. The van der Waals surface area contributed by atoms with Crippen LogP contribution in [0, 0.1) is 20.8 Å². The number of aliphatic carboxylic acids is 1. The van der Waals surface area contributed by atoms with E-state index in [1.165, 1.54) is 0 Å². The van der Waals surface area contributed by atoms with Gasteiger partial charge in [0.1, 0.15) is 5.65 Å². The molecule has 0 atom stereocenters. The standard InChI is InChI=1S/C19H18N2O2/c1-11-7-12(2)17(13(3)8-11)16(19(22)23)9-14-10-21-18-15(14)5-4-6-20-18/h4-10H,1-3H3,(H,20,21)(H,22,23). The largest absolute Gasteiger partial charge is 0.478 e. The molecule has 4 heteroatoms. The molecule has 0 spiro atoms. The molecule has 0 aliphatic carbocycles. The quantitative estimate of drug-likeness (QED) is 0.716. The number of hydrogen-bond donors (Lipinski definition) is 2. The maximum Gasteiger partial charge on any atom is 0.336 e. The maximum atomic E-state index is 11.9. The summed E-state index contributed by atoms with van der Waals surface area (Å²) in [6.07, 6.45) is 5.21. The molecule has 3 aromatic rings. The van der Waals surface area contributed by atoms with Crippen molar-refractivity contribution in [3.8, 4) is 0 Å². The van der Waals surface area contributed by atoms with Crippen LogP contribution in [-0.4, -0.2) is 21.0 Å². The number of aromatic amines is 1. The Morgan fingerprint density at radius 3 is 2.57 bits per heavy atom. The van der Waals surface area contributed by atoms with Gasteiger partial charge in [0.05, 0.1) is 5.57 Å². The Balaban J connectivity index is 2.22. The van der Waals surface area contributed by atoms with Crippen molar-refractivity contribution in [2.75, 3.05) is 0 Å². The van der Waals surface area contributed by atoms with E-state index in [2.05, 4.69) is 9.97 Å². The Kier molecular flexibility index (Phi) is 3.74. The Bertz CT molecular complexity index is 912. The van der Waals surface area contributed by atoms with E-state index >= 15 is 0 Å². The lowest BCUT2D eigenvalue weighted by Crippen LogP contribution is -2.04. The van der Waals surface area contributed by atoms with Crippen molar-refractivity contribution in [1.82, 2.24) is 9.97 Å². The minimum absolute atomic E-state index is 0.296. The fraction of sp³-hybridized carbons (Fsp3) is 0.158. The Morgan fingerprint density at radius 2 is 1.91 bits per heavy atom. The summed E-state index contributed by atoms with van der Waals surface area (Å²) < 4.78 is 0. The molecular formula is C19H18N2O2. The number of hydrogen-bond acceptors (Lipinski definition) is 2. The second-order valence-corrected chi connectivity index (χ2v) is 5.78. The van der Waals surface area contributed by atoms with E-state index in [4.69, 9.17) is 0 Å². The van der Waals surface area contributed by atoms with E-state index in [0.29, 0.717) is 5.57 Å². The van der Waals surface area contributed by atoms with Crippen LogP contribution >= 0.6 is 0 Å². The fourth-order valence-corrected chi connectivity index (χ4v) is 3.10. The molecule has 23 heavy (non-hydrogen) atoms. The predicted octanol–water partition coefficient (Wildman–Crippen LogP) is 4.11. The summed E-state index contributed by atoms with van der Waals surface area (Å²) in [6.45, 7) is 5.91. The minimum atomic E-state index is -0.932. The van der Waals surface area contributed by atoms with E-state index in [-0.39, 0.29) is 0 Å². The van der Waals surface area contributed by atoms with Crippen molar-refractivity contribution >= 4 is 28.7 Å². The first-order valence-electron chi connectivity index (χ1n) is 7.42. The van der Waals surface area contributed by atoms with E-state index in [9.17, 15) is 9.90 Å². The van der Waals surface area contributed by atoms with Crippen molar-refractivity contribution in [1.29, 1.82) is 0 Å². The van der Waals surface area contributed by atoms with Gasteiger partial charge in [-0.25, -0.2) is 9.78 Å². The van der Waals surface area contributed by atoms with Gasteiger partial charge >= 0.3 is 5.97 Å². The number of nitrogens with zero attached hydrogens (tertiary/aromatic N) is 1. The number of carbonyl (C=O) groups is 1. The van der Waals surface area contributed by atoms with Crippen LogP contribution in [0.15, 0.2) is 36.7 Å². The van der Waals surface area contributed by atoms with Gasteiger partial charge in [0.2, 0.25) is 0 Å². The van der Waals surface area contributed by atoms with Crippen molar-refractivity contribution in [2.45, 2.75) is 20.8 Å². The lowest BCUT2D eigenvalue weighted by atomic mass is 9.92. The molecule has 0 aliphatic heterocycles. The molecule has 116 valence electrons. The van der Waals surface area contributed by atoms with Gasteiger partial charge in [-0.2, -0.15) is 0 Å². The first-order valence-corrected chi connectivity index (χ1v) is 7.42. The lowest BCUT2D eigenvalue weighted by Gasteiger charge is -2.12. The van der Waals surface area contributed by atoms with Crippen LogP contribution in [-0.2, 0) is 4.79 Å². The highest BCUT2D eigenvalue weighted by atomic mass is 16.4. The first kappa shape index (κ1) is 15.0. The molecule has 0 unspecified atom stereocenters. The van der Waals surface area contributed by atoms with Crippen LogP contribution in [0.2, 0.25) is 0 Å². The van der Waals surface area contributed by atoms with E-state index in [1.807, 2.05) is 45.0 Å². The topological polar surface area (TPSA) is 66.0 Å². The van der Waals surface area contributed by atoms with Crippen LogP contribution in [0.3, 0.4) is 0 Å². The Labute approximate surface area is 134 Å². The van der Waals surface area contributed by atoms with Crippen molar-refractivity contribution in [3.63, 3.8) is 0 Å². The van der Waals surface area contributed by atoms with Gasteiger partial charge in [-0.1, -0.05) is 17.7 Å². The van der Waals surface area contributed by atoms with Crippen LogP contribution in [0.5, 0.6) is 0 Å². The van der Waals surface area contributed by atoms with E-state index in [0.717, 1.165) is 38.9 Å². The molecule has 0 saturated carbocycles. The highest BCUT2D eigenvalue weighted by Gasteiger charge is 2.17. The second kappa shape index (κ2) is 5.72. The number of aryl methyl sites for hydroxylation is 3. The summed E-state index contributed by atoms with van der Waals surface area (Å²) >= 11 is 0. The van der Waals surface area contributed by atoms with Crippen molar-refractivity contribution < 1.29 is 9.90 Å². The Hall–Kier alpha value is -2.88. The number of pyridine rings is 1. The highest BCUT2D eigenvalue weighted by molar-refractivity contribution is 6.22. The Morgan fingerprint density at radius 1 is 1.22 bits per heavy atom. The third kappa shape index (κ3) is 2.75.